The fraction of sp³-hybridized carbons (Fsp3) is 0.500. The maximum absolute atomic E-state index is 11.6. The number of hydrogen-bond donors (Lipinski definition) is 2. The molecule has 1 amide bonds. The summed E-state index contributed by atoms with van der Waals surface area (Å²) in [6, 6.07) is 8.55. The lowest BCUT2D eigenvalue weighted by atomic mass is 10.2. The third-order valence-electron chi connectivity index (χ3n) is 2.55. The molecule has 0 saturated carbocycles. The average molecular weight is 266 g/mol. The number of thioether (sulfide) groups is 1. The van der Waals surface area contributed by atoms with Crippen LogP contribution >= 0.6 is 11.8 Å². The van der Waals surface area contributed by atoms with Crippen molar-refractivity contribution in [3.63, 3.8) is 0 Å². The SMILES string of the molecule is CCN[C@H](C)CNC(=O)CSc1ccc(C)cc1. The van der Waals surface area contributed by atoms with Crippen LogP contribution in [0.4, 0.5) is 0 Å². The quantitative estimate of drug-likeness (QED) is 0.743. The molecule has 0 saturated heterocycles. The first-order chi connectivity index (χ1) is 8.61. The monoisotopic (exact) mass is 266 g/mol. The van der Waals surface area contributed by atoms with Crippen molar-refractivity contribution in [2.45, 2.75) is 31.7 Å². The maximum atomic E-state index is 11.6. The first kappa shape index (κ1) is 15.1. The molecule has 0 bridgehead atoms. The van der Waals surface area contributed by atoms with Gasteiger partial charge in [0.25, 0.3) is 0 Å². The summed E-state index contributed by atoms with van der Waals surface area (Å²) in [6.45, 7) is 7.79. The summed E-state index contributed by atoms with van der Waals surface area (Å²) < 4.78 is 0. The van der Waals surface area contributed by atoms with Crippen LogP contribution in [0.5, 0.6) is 0 Å². The van der Waals surface area contributed by atoms with Crippen molar-refractivity contribution >= 4 is 17.7 Å². The highest BCUT2D eigenvalue weighted by Gasteiger charge is 2.05. The first-order valence-electron chi connectivity index (χ1n) is 6.31. The molecule has 0 aliphatic carbocycles. The van der Waals surface area contributed by atoms with E-state index in [-0.39, 0.29) is 5.91 Å². The highest BCUT2D eigenvalue weighted by molar-refractivity contribution is 8.00. The van der Waals surface area contributed by atoms with Crippen LogP contribution in [0.3, 0.4) is 0 Å². The lowest BCUT2D eigenvalue weighted by Gasteiger charge is -2.13. The summed E-state index contributed by atoms with van der Waals surface area (Å²) >= 11 is 1.57. The molecule has 0 radical (unpaired) electrons. The Bertz CT molecular complexity index is 365. The second-order valence-corrected chi connectivity index (χ2v) is 5.41. The van der Waals surface area contributed by atoms with Gasteiger partial charge in [0, 0.05) is 17.5 Å². The Balaban J connectivity index is 2.22. The Morgan fingerprint density at radius 2 is 2.00 bits per heavy atom. The minimum absolute atomic E-state index is 0.0883. The lowest BCUT2D eigenvalue weighted by molar-refractivity contribution is -0.118. The van der Waals surface area contributed by atoms with Crippen LogP contribution in [0.1, 0.15) is 19.4 Å². The van der Waals surface area contributed by atoms with E-state index in [0.29, 0.717) is 18.3 Å². The van der Waals surface area contributed by atoms with Crippen molar-refractivity contribution in [3.05, 3.63) is 29.8 Å². The number of carbonyl (C=O) groups is 1. The number of aryl methyl sites for hydroxylation is 1. The van der Waals surface area contributed by atoms with Crippen LogP contribution < -0.4 is 10.6 Å². The molecule has 1 rings (SSSR count). The van der Waals surface area contributed by atoms with Gasteiger partial charge in [-0.25, -0.2) is 0 Å². The van der Waals surface area contributed by atoms with E-state index >= 15 is 0 Å². The predicted octanol–water partition coefficient (Wildman–Crippen LogP) is 2.20. The molecule has 0 heterocycles. The summed E-state index contributed by atoms with van der Waals surface area (Å²) in [6.07, 6.45) is 0. The Morgan fingerprint density at radius 3 is 2.61 bits per heavy atom. The molecule has 3 nitrogen and oxygen atoms in total. The van der Waals surface area contributed by atoms with Crippen molar-refractivity contribution in [2.75, 3.05) is 18.8 Å². The molecule has 2 N–H and O–H groups in total. The molecule has 0 fully saturated rings. The zero-order chi connectivity index (χ0) is 13.4. The van der Waals surface area contributed by atoms with Gasteiger partial charge in [0.2, 0.25) is 5.91 Å². The zero-order valence-corrected chi connectivity index (χ0v) is 12.1. The lowest BCUT2D eigenvalue weighted by Crippen LogP contribution is -2.39. The summed E-state index contributed by atoms with van der Waals surface area (Å²) in [5, 5.41) is 6.19. The molecule has 1 aromatic carbocycles. The normalized spacial score (nSPS) is 12.2. The van der Waals surface area contributed by atoms with E-state index in [1.165, 1.54) is 5.56 Å². The zero-order valence-electron chi connectivity index (χ0n) is 11.3. The van der Waals surface area contributed by atoms with Gasteiger partial charge in [0.05, 0.1) is 5.75 Å². The van der Waals surface area contributed by atoms with Crippen LogP contribution in [0.15, 0.2) is 29.2 Å². The number of carbonyl (C=O) groups excluding carboxylic acids is 1. The molecule has 4 heteroatoms. The molecule has 0 aliphatic heterocycles. The van der Waals surface area contributed by atoms with E-state index in [9.17, 15) is 4.79 Å². The molecular weight excluding hydrogens is 244 g/mol. The summed E-state index contributed by atoms with van der Waals surface area (Å²) in [4.78, 5) is 12.8. The number of hydrogen-bond acceptors (Lipinski definition) is 3. The van der Waals surface area contributed by atoms with E-state index in [2.05, 4.69) is 55.7 Å². The van der Waals surface area contributed by atoms with E-state index in [0.717, 1.165) is 11.4 Å². The van der Waals surface area contributed by atoms with E-state index < -0.39 is 0 Å². The van der Waals surface area contributed by atoms with Crippen molar-refractivity contribution in [1.82, 2.24) is 10.6 Å². The number of nitrogens with one attached hydrogen (secondary N) is 2. The molecule has 0 spiro atoms. The molecule has 0 aromatic heterocycles. The molecule has 0 unspecified atom stereocenters. The summed E-state index contributed by atoms with van der Waals surface area (Å²) in [7, 11) is 0. The Labute approximate surface area is 114 Å². The third kappa shape index (κ3) is 6.07. The molecule has 100 valence electrons. The largest absolute Gasteiger partial charge is 0.354 e. The van der Waals surface area contributed by atoms with E-state index in [4.69, 9.17) is 0 Å². The Morgan fingerprint density at radius 1 is 1.33 bits per heavy atom. The van der Waals surface area contributed by atoms with Gasteiger partial charge in [0.15, 0.2) is 0 Å². The number of benzene rings is 1. The third-order valence-corrected chi connectivity index (χ3v) is 3.56. The second-order valence-electron chi connectivity index (χ2n) is 4.36. The van der Waals surface area contributed by atoms with Gasteiger partial charge < -0.3 is 10.6 Å². The van der Waals surface area contributed by atoms with Crippen LogP contribution in [0.2, 0.25) is 0 Å². The van der Waals surface area contributed by atoms with Gasteiger partial charge in [-0.05, 0) is 32.5 Å². The highest BCUT2D eigenvalue weighted by Crippen LogP contribution is 2.17. The van der Waals surface area contributed by atoms with Crippen LogP contribution in [0.25, 0.3) is 0 Å². The number of rotatable bonds is 7. The fourth-order valence-electron chi connectivity index (χ4n) is 1.52. The summed E-state index contributed by atoms with van der Waals surface area (Å²) in [5.41, 5.74) is 1.24. The average Bonchev–Trinajstić information content (AvgIpc) is 2.36. The molecule has 18 heavy (non-hydrogen) atoms. The van der Waals surface area contributed by atoms with E-state index in [1.807, 2.05) is 0 Å². The van der Waals surface area contributed by atoms with Gasteiger partial charge in [-0.1, -0.05) is 24.6 Å². The number of amides is 1. The second kappa shape index (κ2) is 8.16. The van der Waals surface area contributed by atoms with Gasteiger partial charge >= 0.3 is 0 Å². The van der Waals surface area contributed by atoms with E-state index in [1.54, 1.807) is 11.8 Å². The smallest absolute Gasteiger partial charge is 0.230 e. The number of likely N-dealkylation sites (N-methyl/N-ethyl adjacent to an activating group) is 1. The fourth-order valence-corrected chi connectivity index (χ4v) is 2.25. The minimum atomic E-state index is 0.0883. The van der Waals surface area contributed by atoms with Crippen LogP contribution in [-0.4, -0.2) is 30.8 Å². The molecule has 1 atom stereocenters. The topological polar surface area (TPSA) is 41.1 Å². The maximum Gasteiger partial charge on any atom is 0.230 e. The highest BCUT2D eigenvalue weighted by atomic mass is 32.2. The molecule has 1 aromatic rings. The first-order valence-corrected chi connectivity index (χ1v) is 7.30. The van der Waals surface area contributed by atoms with Crippen LogP contribution in [0, 0.1) is 6.92 Å². The predicted molar refractivity (Wildman–Crippen MR) is 78.1 cm³/mol. The van der Waals surface area contributed by atoms with Gasteiger partial charge in [-0.2, -0.15) is 0 Å². The van der Waals surface area contributed by atoms with Gasteiger partial charge in [-0.3, -0.25) is 4.79 Å². The molecular formula is C14H22N2OS. The standard InChI is InChI=1S/C14H22N2OS/c1-4-15-12(3)9-16-14(17)10-18-13-7-5-11(2)6-8-13/h5-8,12,15H,4,9-10H2,1-3H3,(H,16,17)/t12-/m1/s1. The van der Waals surface area contributed by atoms with Crippen molar-refractivity contribution in [2.24, 2.45) is 0 Å². The minimum Gasteiger partial charge on any atom is -0.354 e. The van der Waals surface area contributed by atoms with Crippen LogP contribution in [-0.2, 0) is 4.79 Å². The van der Waals surface area contributed by atoms with Crippen molar-refractivity contribution < 1.29 is 4.79 Å². The van der Waals surface area contributed by atoms with Gasteiger partial charge in [-0.15, -0.1) is 11.8 Å². The summed E-state index contributed by atoms with van der Waals surface area (Å²) in [5.74, 6) is 0.562. The van der Waals surface area contributed by atoms with Crippen molar-refractivity contribution in [1.29, 1.82) is 0 Å². The Kier molecular flexibility index (Phi) is 6.83. The molecule has 0 aliphatic rings. The van der Waals surface area contributed by atoms with Crippen molar-refractivity contribution in [3.8, 4) is 0 Å². The van der Waals surface area contributed by atoms with Gasteiger partial charge in [0.1, 0.15) is 0 Å². The Hall–Kier alpha value is -1.00.